The number of carbonyl (C=O) groups is 2. The number of nitrogens with zero attached hydrogens (tertiary/aromatic N) is 3. The Morgan fingerprint density at radius 1 is 0.976 bits per heavy atom. The molecule has 9 heteroatoms. The number of benzene rings is 3. The molecule has 0 radical (unpaired) electrons. The molecule has 0 aliphatic carbocycles. The molecule has 0 spiro atoms. The second-order valence-corrected chi connectivity index (χ2v) is 11.2. The molecule has 2 aliphatic heterocycles. The highest BCUT2D eigenvalue weighted by Crippen LogP contribution is 2.35. The lowest BCUT2D eigenvalue weighted by atomic mass is 9.95. The minimum atomic E-state index is -0.342. The second kappa shape index (κ2) is 12.2. The number of rotatable bonds is 9. The molecule has 1 aromatic heterocycles. The molecule has 0 saturated carbocycles. The van der Waals surface area contributed by atoms with Crippen LogP contribution in [0.2, 0.25) is 0 Å². The van der Waals surface area contributed by atoms with Crippen LogP contribution in [-0.2, 0) is 22.6 Å². The molecule has 1 saturated heterocycles. The SMILES string of the molecule is NC(=O)CCn1c(C2CCCN(C(=O)CC(N)Cc3ccc(-c4ccc5c(c4)OCCO5)cc3)C2)nc2ccccc21. The Morgan fingerprint density at radius 2 is 1.74 bits per heavy atom. The lowest BCUT2D eigenvalue weighted by molar-refractivity contribution is -0.132. The summed E-state index contributed by atoms with van der Waals surface area (Å²) in [4.78, 5) is 31.7. The Balaban J connectivity index is 1.08. The Kier molecular flexibility index (Phi) is 8.10. The highest BCUT2D eigenvalue weighted by molar-refractivity contribution is 5.78. The van der Waals surface area contributed by atoms with Crippen LogP contribution in [0.15, 0.2) is 66.7 Å². The molecule has 4 N–H and O–H groups in total. The molecular weight excluding hydrogens is 530 g/mol. The van der Waals surface area contributed by atoms with Crippen LogP contribution < -0.4 is 20.9 Å². The molecule has 4 aromatic rings. The Morgan fingerprint density at radius 3 is 2.55 bits per heavy atom. The van der Waals surface area contributed by atoms with Gasteiger partial charge in [-0.15, -0.1) is 0 Å². The van der Waals surface area contributed by atoms with E-state index in [-0.39, 0.29) is 36.6 Å². The molecule has 3 heterocycles. The van der Waals surface area contributed by atoms with Gasteiger partial charge in [0.25, 0.3) is 0 Å². The molecule has 9 nitrogen and oxygen atoms in total. The fourth-order valence-electron chi connectivity index (χ4n) is 6.06. The molecule has 42 heavy (non-hydrogen) atoms. The van der Waals surface area contributed by atoms with Gasteiger partial charge in [0.1, 0.15) is 19.0 Å². The van der Waals surface area contributed by atoms with Crippen molar-refractivity contribution in [1.29, 1.82) is 0 Å². The van der Waals surface area contributed by atoms with Crippen LogP contribution in [-0.4, -0.2) is 58.6 Å². The quantitative estimate of drug-likeness (QED) is 0.315. The van der Waals surface area contributed by atoms with E-state index in [9.17, 15) is 9.59 Å². The van der Waals surface area contributed by atoms with E-state index in [4.69, 9.17) is 25.9 Å². The fraction of sp³-hybridized carbons (Fsp3) is 0.364. The zero-order valence-corrected chi connectivity index (χ0v) is 23.7. The van der Waals surface area contributed by atoms with Crippen molar-refractivity contribution >= 4 is 22.8 Å². The predicted octanol–water partition coefficient (Wildman–Crippen LogP) is 4.02. The average molecular weight is 568 g/mol. The number of nitrogens with two attached hydrogens (primary N) is 2. The van der Waals surface area contributed by atoms with E-state index in [1.54, 1.807) is 0 Å². The van der Waals surface area contributed by atoms with E-state index >= 15 is 0 Å². The fourth-order valence-corrected chi connectivity index (χ4v) is 6.06. The predicted molar refractivity (Wildman–Crippen MR) is 161 cm³/mol. The first-order valence-corrected chi connectivity index (χ1v) is 14.7. The number of likely N-dealkylation sites (tertiary alicyclic amines) is 1. The van der Waals surface area contributed by atoms with Gasteiger partial charge in [0.2, 0.25) is 11.8 Å². The molecule has 3 aromatic carbocycles. The van der Waals surface area contributed by atoms with Crippen LogP contribution >= 0.6 is 0 Å². The number of aromatic nitrogens is 2. The van der Waals surface area contributed by atoms with E-state index in [1.807, 2.05) is 47.4 Å². The number of hydrogen-bond donors (Lipinski definition) is 2. The van der Waals surface area contributed by atoms with Crippen molar-refractivity contribution in [2.24, 2.45) is 11.5 Å². The Labute approximate surface area is 245 Å². The zero-order chi connectivity index (χ0) is 29.1. The summed E-state index contributed by atoms with van der Waals surface area (Å²) in [5.74, 6) is 2.28. The van der Waals surface area contributed by atoms with Crippen LogP contribution in [0.1, 0.15) is 43.0 Å². The Hall–Kier alpha value is -4.37. The van der Waals surface area contributed by atoms with Gasteiger partial charge in [-0.05, 0) is 60.2 Å². The summed E-state index contributed by atoms with van der Waals surface area (Å²) in [6.07, 6.45) is 2.98. The topological polar surface area (TPSA) is 126 Å². The largest absolute Gasteiger partial charge is 0.486 e. The molecular formula is C33H37N5O4. The first-order valence-electron chi connectivity index (χ1n) is 14.7. The lowest BCUT2D eigenvalue weighted by Crippen LogP contribution is -2.42. The molecule has 2 aliphatic rings. The lowest BCUT2D eigenvalue weighted by Gasteiger charge is -2.33. The molecule has 6 rings (SSSR count). The van der Waals surface area contributed by atoms with Gasteiger partial charge in [-0.2, -0.15) is 0 Å². The van der Waals surface area contributed by atoms with E-state index in [0.29, 0.717) is 39.3 Å². The standard InChI is InChI=1S/C33H37N5O4/c34-26(18-22-7-9-23(10-8-22)24-11-12-29-30(19-24)42-17-16-41-29)20-32(40)37-14-3-4-25(21-37)33-36-27-5-1-2-6-28(27)38(33)15-13-31(35)39/h1-2,5-12,19,25-26H,3-4,13-18,20-21,34H2,(H2,35,39). The van der Waals surface area contributed by atoms with Gasteiger partial charge >= 0.3 is 0 Å². The van der Waals surface area contributed by atoms with E-state index in [1.165, 1.54) is 0 Å². The van der Waals surface area contributed by atoms with Crippen molar-refractivity contribution in [1.82, 2.24) is 14.5 Å². The van der Waals surface area contributed by atoms with Crippen molar-refractivity contribution in [3.05, 3.63) is 78.1 Å². The molecule has 0 bridgehead atoms. The van der Waals surface area contributed by atoms with E-state index < -0.39 is 0 Å². The summed E-state index contributed by atoms with van der Waals surface area (Å²) in [5.41, 5.74) is 17.1. The summed E-state index contributed by atoms with van der Waals surface area (Å²) < 4.78 is 13.4. The molecule has 2 atom stereocenters. The number of piperidine rings is 1. The minimum absolute atomic E-state index is 0.0693. The van der Waals surface area contributed by atoms with Crippen molar-refractivity contribution in [2.45, 2.75) is 50.6 Å². The third kappa shape index (κ3) is 6.11. The van der Waals surface area contributed by atoms with Crippen LogP contribution in [0.25, 0.3) is 22.2 Å². The van der Waals surface area contributed by atoms with Gasteiger partial charge in [-0.3, -0.25) is 9.59 Å². The number of fused-ring (bicyclic) bond motifs is 2. The highest BCUT2D eigenvalue weighted by Gasteiger charge is 2.29. The average Bonchev–Trinajstić information content (AvgIpc) is 3.39. The summed E-state index contributed by atoms with van der Waals surface area (Å²) in [6.45, 7) is 2.92. The molecule has 2 unspecified atom stereocenters. The number of aryl methyl sites for hydroxylation is 1. The minimum Gasteiger partial charge on any atom is -0.486 e. The summed E-state index contributed by atoms with van der Waals surface area (Å²) in [7, 11) is 0. The third-order valence-corrected chi connectivity index (χ3v) is 8.17. The van der Waals surface area contributed by atoms with Crippen molar-refractivity contribution in [3.63, 3.8) is 0 Å². The number of carbonyl (C=O) groups excluding carboxylic acids is 2. The monoisotopic (exact) mass is 567 g/mol. The maximum Gasteiger partial charge on any atom is 0.224 e. The first-order chi connectivity index (χ1) is 20.4. The van der Waals surface area contributed by atoms with Crippen molar-refractivity contribution < 1.29 is 19.1 Å². The first kappa shape index (κ1) is 27.8. The van der Waals surface area contributed by atoms with Crippen LogP contribution in [0, 0.1) is 0 Å². The maximum absolute atomic E-state index is 13.3. The summed E-state index contributed by atoms with van der Waals surface area (Å²) in [6, 6.07) is 21.9. The van der Waals surface area contributed by atoms with Gasteiger partial charge in [0.15, 0.2) is 11.5 Å². The molecule has 218 valence electrons. The molecule has 1 fully saturated rings. The number of hydrogen-bond acceptors (Lipinski definition) is 6. The summed E-state index contributed by atoms with van der Waals surface area (Å²) >= 11 is 0. The third-order valence-electron chi connectivity index (χ3n) is 8.17. The van der Waals surface area contributed by atoms with Crippen molar-refractivity contribution in [3.8, 4) is 22.6 Å². The number of para-hydroxylation sites is 2. The number of ether oxygens (including phenoxy) is 2. The number of imidazole rings is 1. The summed E-state index contributed by atoms with van der Waals surface area (Å²) in [5, 5.41) is 0. The van der Waals surface area contributed by atoms with E-state index in [2.05, 4.69) is 28.8 Å². The maximum atomic E-state index is 13.3. The smallest absolute Gasteiger partial charge is 0.224 e. The zero-order valence-electron chi connectivity index (χ0n) is 23.7. The van der Waals surface area contributed by atoms with Gasteiger partial charge in [0.05, 0.1) is 11.0 Å². The van der Waals surface area contributed by atoms with Gasteiger partial charge in [-0.25, -0.2) is 4.98 Å². The van der Waals surface area contributed by atoms with Crippen LogP contribution in [0.5, 0.6) is 11.5 Å². The molecule has 2 amide bonds. The van der Waals surface area contributed by atoms with Crippen LogP contribution in [0.4, 0.5) is 0 Å². The van der Waals surface area contributed by atoms with Crippen LogP contribution in [0.3, 0.4) is 0 Å². The van der Waals surface area contributed by atoms with E-state index in [0.717, 1.165) is 57.9 Å². The Bertz CT molecular complexity index is 1580. The normalized spacial score (nSPS) is 17.3. The second-order valence-electron chi connectivity index (χ2n) is 11.2. The van der Waals surface area contributed by atoms with Gasteiger partial charge < -0.3 is 30.4 Å². The number of primary amides is 1. The van der Waals surface area contributed by atoms with Crippen molar-refractivity contribution in [2.75, 3.05) is 26.3 Å². The van der Waals surface area contributed by atoms with Gasteiger partial charge in [0, 0.05) is 44.4 Å². The number of amides is 2. The highest BCUT2D eigenvalue weighted by atomic mass is 16.6. The van der Waals surface area contributed by atoms with Gasteiger partial charge in [-0.1, -0.05) is 42.5 Å².